The van der Waals surface area contributed by atoms with E-state index in [1.54, 1.807) is 0 Å². The summed E-state index contributed by atoms with van der Waals surface area (Å²) in [5, 5.41) is 2.29. The van der Waals surface area contributed by atoms with Gasteiger partial charge in [0.05, 0.1) is 6.04 Å². The first-order valence-electron chi connectivity index (χ1n) is 25.3. The van der Waals surface area contributed by atoms with Crippen LogP contribution in [0.1, 0.15) is 93.7 Å². The quantitative estimate of drug-likeness (QED) is 0.107. The van der Waals surface area contributed by atoms with Crippen LogP contribution in [0.25, 0.3) is 55.4 Å². The molecule has 2 atom stereocenters. The Morgan fingerprint density at radius 2 is 1.31 bits per heavy atom. The Morgan fingerprint density at radius 3 is 1.99 bits per heavy atom. The fraction of sp³-hybridized carbons (Fsp3) is 0.176. The van der Waals surface area contributed by atoms with Crippen molar-refractivity contribution in [2.24, 2.45) is 5.92 Å². The summed E-state index contributed by atoms with van der Waals surface area (Å²) in [6.45, 7) is 17.7. The molecule has 0 aliphatic heterocycles. The van der Waals surface area contributed by atoms with Crippen molar-refractivity contribution in [1.82, 2.24) is 0 Å². The monoisotopic (exact) mass is 912 g/mol. The SMILES string of the molecule is C=C/C(=C\C(=C/Cc1cccc2c1oc1ccccc12)c1ccc(N(c2ccc(-c3ccccc3)cc2)C2C=CC(c3ccccc3)=CC2)cc1)c1ccc(C(C)C)c(C2=C(C)C=CCC2C)c1.CC. The Kier molecular flexibility index (Phi) is 14.7. The first kappa shape index (κ1) is 47.4. The molecule has 2 aliphatic carbocycles. The molecule has 7 aromatic carbocycles. The minimum Gasteiger partial charge on any atom is -0.456 e. The lowest BCUT2D eigenvalue weighted by atomic mass is 9.79. The lowest BCUT2D eigenvalue weighted by Crippen LogP contribution is -2.30. The second-order valence-electron chi connectivity index (χ2n) is 18.7. The summed E-state index contributed by atoms with van der Waals surface area (Å²) < 4.78 is 6.53. The van der Waals surface area contributed by atoms with Gasteiger partial charge in [-0.05, 0) is 153 Å². The van der Waals surface area contributed by atoms with Crippen LogP contribution in [0.3, 0.4) is 0 Å². The third kappa shape index (κ3) is 10.1. The van der Waals surface area contributed by atoms with Crippen LogP contribution in [0.4, 0.5) is 11.4 Å². The van der Waals surface area contributed by atoms with E-state index < -0.39 is 0 Å². The Morgan fingerprint density at radius 1 is 0.671 bits per heavy atom. The maximum Gasteiger partial charge on any atom is 0.138 e. The van der Waals surface area contributed by atoms with Gasteiger partial charge in [-0.15, -0.1) is 0 Å². The molecule has 348 valence electrons. The predicted molar refractivity (Wildman–Crippen MR) is 303 cm³/mol. The first-order valence-corrected chi connectivity index (χ1v) is 25.3. The molecule has 0 radical (unpaired) electrons. The molecule has 0 saturated carbocycles. The summed E-state index contributed by atoms with van der Waals surface area (Å²) in [4.78, 5) is 2.49. The largest absolute Gasteiger partial charge is 0.456 e. The Bertz CT molecular complexity index is 3300. The highest BCUT2D eigenvalue weighted by Crippen LogP contribution is 2.40. The van der Waals surface area contributed by atoms with Crippen LogP contribution in [0, 0.1) is 5.92 Å². The average Bonchev–Trinajstić information content (AvgIpc) is 3.80. The molecule has 0 saturated heterocycles. The number of hydrogen-bond donors (Lipinski definition) is 0. The molecule has 2 heteroatoms. The van der Waals surface area contributed by atoms with Gasteiger partial charge in [-0.3, -0.25) is 0 Å². The summed E-state index contributed by atoms with van der Waals surface area (Å²) >= 11 is 0. The zero-order valence-electron chi connectivity index (χ0n) is 41.7. The smallest absolute Gasteiger partial charge is 0.138 e. The number of rotatable bonds is 13. The van der Waals surface area contributed by atoms with E-state index in [1.807, 2.05) is 26.0 Å². The van der Waals surface area contributed by atoms with Gasteiger partial charge in [0.1, 0.15) is 11.2 Å². The lowest BCUT2D eigenvalue weighted by molar-refractivity contribution is 0.664. The van der Waals surface area contributed by atoms with Crippen LogP contribution in [0.2, 0.25) is 0 Å². The number of para-hydroxylation sites is 2. The highest BCUT2D eigenvalue weighted by atomic mass is 16.3. The highest BCUT2D eigenvalue weighted by Gasteiger charge is 2.23. The number of nitrogens with zero attached hydrogens (tertiary/aromatic N) is 1. The molecule has 0 N–H and O–H groups in total. The van der Waals surface area contributed by atoms with E-state index in [9.17, 15) is 0 Å². The maximum atomic E-state index is 6.53. The number of anilines is 2. The second kappa shape index (κ2) is 21.7. The summed E-state index contributed by atoms with van der Waals surface area (Å²) in [7, 11) is 0. The van der Waals surface area contributed by atoms with Crippen LogP contribution < -0.4 is 4.90 Å². The van der Waals surface area contributed by atoms with Crippen molar-refractivity contribution in [3.05, 3.63) is 264 Å². The van der Waals surface area contributed by atoms with Gasteiger partial charge in [-0.2, -0.15) is 0 Å². The van der Waals surface area contributed by atoms with Crippen molar-refractivity contribution < 1.29 is 4.42 Å². The van der Waals surface area contributed by atoms with E-state index in [2.05, 4.69) is 245 Å². The van der Waals surface area contributed by atoms with Crippen LogP contribution in [-0.2, 0) is 6.42 Å². The summed E-state index contributed by atoms with van der Waals surface area (Å²) in [6.07, 6.45) is 21.0. The molecule has 70 heavy (non-hydrogen) atoms. The Labute approximate surface area is 416 Å². The highest BCUT2D eigenvalue weighted by molar-refractivity contribution is 6.06. The van der Waals surface area contributed by atoms with Gasteiger partial charge in [0.25, 0.3) is 0 Å². The number of hydrogen-bond acceptors (Lipinski definition) is 2. The Hall–Kier alpha value is -7.68. The normalized spacial score (nSPS) is 16.1. The minimum absolute atomic E-state index is 0.131. The molecule has 2 unspecified atom stereocenters. The predicted octanol–water partition coefficient (Wildman–Crippen LogP) is 19.2. The molecular weight excluding hydrogens is 847 g/mol. The van der Waals surface area contributed by atoms with Crippen molar-refractivity contribution in [2.45, 2.75) is 72.8 Å². The first-order chi connectivity index (χ1) is 34.3. The topological polar surface area (TPSA) is 16.4 Å². The minimum atomic E-state index is 0.131. The van der Waals surface area contributed by atoms with Gasteiger partial charge in [-0.25, -0.2) is 0 Å². The summed E-state index contributed by atoms with van der Waals surface area (Å²) in [5.41, 5.74) is 20.3. The number of benzene rings is 7. The zero-order chi connectivity index (χ0) is 48.6. The third-order valence-electron chi connectivity index (χ3n) is 13.9. The van der Waals surface area contributed by atoms with E-state index in [0.29, 0.717) is 18.3 Å². The number of furan rings is 1. The van der Waals surface area contributed by atoms with Gasteiger partial charge < -0.3 is 9.32 Å². The van der Waals surface area contributed by atoms with Gasteiger partial charge >= 0.3 is 0 Å². The van der Waals surface area contributed by atoms with Gasteiger partial charge in [0.2, 0.25) is 0 Å². The van der Waals surface area contributed by atoms with E-state index >= 15 is 0 Å². The van der Waals surface area contributed by atoms with Crippen LogP contribution in [0.5, 0.6) is 0 Å². The van der Waals surface area contributed by atoms with Gasteiger partial charge in [-0.1, -0.05) is 217 Å². The molecule has 1 aromatic heterocycles. The van der Waals surface area contributed by atoms with Crippen molar-refractivity contribution in [3.63, 3.8) is 0 Å². The maximum absolute atomic E-state index is 6.53. The van der Waals surface area contributed by atoms with Crippen molar-refractivity contribution in [1.29, 1.82) is 0 Å². The molecular formula is C68H65NO. The standard InChI is InChI=1S/C66H59NO.C2H6/c1-6-48(56-35-42-60(45(2)3)63(44-56)65-46(4)17-15-18-47(65)5)43-55(28-27-54-23-16-25-62-61-24-13-14-26-64(61)68-66(54)62)53-33-40-59(41-34-53)67(57-36-29-51(30-37-57)49-19-9-7-10-20-49)58-38-31-52(32-39-58)50-21-11-8-12-22-50;1-2/h6-17,19-26,28-38,40-45,47,58H,1,18,27,39H2,2-5H3;1-2H3/b48-43+,55-28+;. The molecule has 2 nitrogen and oxygen atoms in total. The second-order valence-corrected chi connectivity index (χ2v) is 18.7. The number of allylic oxidation sites excluding steroid dienone is 11. The molecule has 0 spiro atoms. The molecule has 2 aliphatic rings. The number of fused-ring (bicyclic) bond motifs is 3. The van der Waals surface area contributed by atoms with E-state index in [4.69, 9.17) is 4.42 Å². The van der Waals surface area contributed by atoms with E-state index in [1.165, 1.54) is 50.1 Å². The summed E-state index contributed by atoms with van der Waals surface area (Å²) in [6, 6.07) is 61.5. The summed E-state index contributed by atoms with van der Waals surface area (Å²) in [5.74, 6) is 0.849. The fourth-order valence-corrected chi connectivity index (χ4v) is 10.3. The van der Waals surface area contributed by atoms with Gasteiger partial charge in [0.15, 0.2) is 0 Å². The van der Waals surface area contributed by atoms with Crippen molar-refractivity contribution in [2.75, 3.05) is 4.90 Å². The van der Waals surface area contributed by atoms with Gasteiger partial charge in [0, 0.05) is 22.1 Å². The third-order valence-corrected chi connectivity index (χ3v) is 13.9. The van der Waals surface area contributed by atoms with Crippen LogP contribution in [-0.4, -0.2) is 6.04 Å². The van der Waals surface area contributed by atoms with E-state index in [-0.39, 0.29) is 6.04 Å². The molecule has 8 aromatic rings. The van der Waals surface area contributed by atoms with Crippen molar-refractivity contribution in [3.8, 4) is 11.1 Å². The van der Waals surface area contributed by atoms with Crippen LogP contribution >= 0.6 is 0 Å². The van der Waals surface area contributed by atoms with E-state index in [0.717, 1.165) is 68.4 Å². The van der Waals surface area contributed by atoms with Crippen molar-refractivity contribution >= 4 is 55.6 Å². The molecule has 0 bridgehead atoms. The Balaban J connectivity index is 0.00000300. The zero-order valence-corrected chi connectivity index (χ0v) is 41.7. The molecule has 10 rings (SSSR count). The molecule has 1 heterocycles. The molecule has 0 amide bonds. The molecule has 0 fully saturated rings. The van der Waals surface area contributed by atoms with Crippen LogP contribution in [0.15, 0.2) is 235 Å². The lowest BCUT2D eigenvalue weighted by Gasteiger charge is -2.33. The average molecular weight is 912 g/mol. The fourth-order valence-electron chi connectivity index (χ4n) is 10.3.